The van der Waals surface area contributed by atoms with Crippen molar-refractivity contribution in [1.82, 2.24) is 9.38 Å². The van der Waals surface area contributed by atoms with Crippen LogP contribution in [0.4, 0.5) is 0 Å². The summed E-state index contributed by atoms with van der Waals surface area (Å²) in [5, 5.41) is 3.70. The zero-order chi connectivity index (χ0) is 16.3. The van der Waals surface area contributed by atoms with Gasteiger partial charge in [0.05, 0.1) is 5.65 Å². The Kier molecular flexibility index (Phi) is 4.17. The smallest absolute Gasteiger partial charge is 0.0614 e. The summed E-state index contributed by atoms with van der Waals surface area (Å²) in [7, 11) is 0. The van der Waals surface area contributed by atoms with E-state index < -0.39 is 0 Å². The Labute approximate surface area is 161 Å². The van der Waals surface area contributed by atoms with Crippen molar-refractivity contribution in [3.63, 3.8) is 0 Å². The summed E-state index contributed by atoms with van der Waals surface area (Å²) in [6.07, 6.45) is 5.26. The monoisotopic (exact) mass is 506 g/mol. The number of aromatic nitrogens is 2. The first-order chi connectivity index (χ1) is 11.7. The maximum atomic E-state index is 5.00. The fourth-order valence-corrected chi connectivity index (χ4v) is 4.53. The third kappa shape index (κ3) is 2.45. The second-order valence-electron chi connectivity index (χ2n) is 7.20. The molecular formula is C22H21IrN2-. The average Bonchev–Trinajstić information content (AvgIpc) is 3.22. The normalized spacial score (nSPS) is 15.3. The first kappa shape index (κ1) is 16.8. The summed E-state index contributed by atoms with van der Waals surface area (Å²) < 4.78 is 2.44. The van der Waals surface area contributed by atoms with Gasteiger partial charge in [-0.3, -0.25) is 4.98 Å². The van der Waals surface area contributed by atoms with Crippen LogP contribution in [0, 0.1) is 19.9 Å². The molecule has 0 aliphatic heterocycles. The minimum Gasteiger partial charge on any atom is -0.337 e. The number of fused-ring (bicyclic) bond motifs is 6. The molecule has 2 aromatic heterocycles. The van der Waals surface area contributed by atoms with Gasteiger partial charge in [0.25, 0.3) is 0 Å². The van der Waals surface area contributed by atoms with Crippen molar-refractivity contribution >= 4 is 27.3 Å². The van der Waals surface area contributed by atoms with Gasteiger partial charge < -0.3 is 4.40 Å². The first-order valence-electron chi connectivity index (χ1n) is 8.96. The van der Waals surface area contributed by atoms with Gasteiger partial charge in [0.15, 0.2) is 0 Å². The molecule has 0 atom stereocenters. The van der Waals surface area contributed by atoms with Crippen LogP contribution in [-0.2, 0) is 20.1 Å². The van der Waals surface area contributed by atoms with Gasteiger partial charge in [-0.1, -0.05) is 30.4 Å². The molecular weight excluding hydrogens is 484 g/mol. The largest absolute Gasteiger partial charge is 0.337 e. The Morgan fingerprint density at radius 1 is 1.08 bits per heavy atom. The summed E-state index contributed by atoms with van der Waals surface area (Å²) in [6, 6.07) is 16.5. The molecule has 1 radical (unpaired) electrons. The molecule has 0 N–H and O–H groups in total. The van der Waals surface area contributed by atoms with Gasteiger partial charge in [-0.15, -0.1) is 29.7 Å². The predicted molar refractivity (Wildman–Crippen MR) is 99.7 cm³/mol. The molecule has 5 rings (SSSR count). The molecule has 2 heterocycles. The molecule has 2 aromatic carbocycles. The van der Waals surface area contributed by atoms with Gasteiger partial charge in [-0.05, 0) is 43.7 Å². The summed E-state index contributed by atoms with van der Waals surface area (Å²) in [5.41, 5.74) is 6.28. The second kappa shape index (κ2) is 6.23. The summed E-state index contributed by atoms with van der Waals surface area (Å²) in [4.78, 5) is 5.00. The molecule has 0 saturated heterocycles. The van der Waals surface area contributed by atoms with Crippen molar-refractivity contribution in [2.24, 2.45) is 0 Å². The molecule has 4 aromatic rings. The minimum absolute atomic E-state index is 0. The van der Waals surface area contributed by atoms with Crippen LogP contribution in [-0.4, -0.2) is 9.38 Å². The zero-order valence-electron chi connectivity index (χ0n) is 14.6. The van der Waals surface area contributed by atoms with Crippen molar-refractivity contribution in [2.75, 3.05) is 0 Å². The van der Waals surface area contributed by atoms with Gasteiger partial charge in [-0.2, -0.15) is 0 Å². The molecule has 2 nitrogen and oxygen atoms in total. The summed E-state index contributed by atoms with van der Waals surface area (Å²) >= 11 is 0. The number of hydrogen-bond donors (Lipinski definition) is 0. The van der Waals surface area contributed by atoms with E-state index in [2.05, 4.69) is 54.6 Å². The van der Waals surface area contributed by atoms with Gasteiger partial charge in [0.2, 0.25) is 0 Å². The molecule has 1 saturated carbocycles. The van der Waals surface area contributed by atoms with E-state index in [-0.39, 0.29) is 20.1 Å². The molecule has 25 heavy (non-hydrogen) atoms. The molecule has 0 bridgehead atoms. The van der Waals surface area contributed by atoms with E-state index in [0.29, 0.717) is 5.92 Å². The molecule has 1 aliphatic carbocycles. The van der Waals surface area contributed by atoms with E-state index >= 15 is 0 Å². The Bertz CT molecular complexity index is 1090. The maximum absolute atomic E-state index is 5.00. The van der Waals surface area contributed by atoms with E-state index in [0.717, 1.165) is 11.0 Å². The van der Waals surface area contributed by atoms with Crippen molar-refractivity contribution in [1.29, 1.82) is 0 Å². The van der Waals surface area contributed by atoms with E-state index in [1.54, 1.807) is 0 Å². The van der Waals surface area contributed by atoms with Crippen molar-refractivity contribution in [2.45, 2.75) is 45.4 Å². The fourth-order valence-electron chi connectivity index (χ4n) is 4.53. The molecule has 1 aliphatic rings. The van der Waals surface area contributed by atoms with E-state index in [1.165, 1.54) is 58.9 Å². The second-order valence-corrected chi connectivity index (χ2v) is 7.20. The molecule has 3 heteroatoms. The number of rotatable bonds is 1. The molecule has 129 valence electrons. The predicted octanol–water partition coefficient (Wildman–Crippen LogP) is 5.71. The van der Waals surface area contributed by atoms with Crippen LogP contribution in [0.2, 0.25) is 0 Å². The number of pyridine rings is 1. The number of benzene rings is 2. The maximum Gasteiger partial charge on any atom is 0.0614 e. The minimum atomic E-state index is 0. The van der Waals surface area contributed by atoms with Crippen LogP contribution in [0.25, 0.3) is 27.3 Å². The number of hydrogen-bond acceptors (Lipinski definition) is 1. The third-order valence-electron chi connectivity index (χ3n) is 5.60. The molecule has 0 amide bonds. The fraction of sp³-hybridized carbons (Fsp3) is 0.318. The van der Waals surface area contributed by atoms with Crippen molar-refractivity contribution < 1.29 is 20.1 Å². The van der Waals surface area contributed by atoms with Crippen molar-refractivity contribution in [3.05, 3.63) is 59.4 Å². The van der Waals surface area contributed by atoms with Gasteiger partial charge in [-0.25, -0.2) is 0 Å². The van der Waals surface area contributed by atoms with Gasteiger partial charge >= 0.3 is 0 Å². The number of imidazole rings is 1. The standard InChI is InChI=1S/C22H21N2.Ir/c1-14-11-12-18-17-9-5-6-10-19(17)22-23-15(2)21(16-7-3-4-8-16)24(22)20(18)13-14;/h5-6,9,11-13,16H,3-4,7-8H2,1-2H3;/q-1;. The number of aryl methyl sites for hydroxylation is 2. The third-order valence-corrected chi connectivity index (χ3v) is 5.60. The van der Waals surface area contributed by atoms with Crippen LogP contribution >= 0.6 is 0 Å². The van der Waals surface area contributed by atoms with E-state index in [4.69, 9.17) is 4.98 Å². The van der Waals surface area contributed by atoms with Crippen molar-refractivity contribution in [3.8, 4) is 0 Å². The average molecular weight is 506 g/mol. The zero-order valence-corrected chi connectivity index (χ0v) is 17.0. The molecule has 0 spiro atoms. The summed E-state index contributed by atoms with van der Waals surface area (Å²) in [6.45, 7) is 4.35. The van der Waals surface area contributed by atoms with Crippen LogP contribution in [0.1, 0.15) is 48.6 Å². The summed E-state index contributed by atoms with van der Waals surface area (Å²) in [5.74, 6) is 0.643. The van der Waals surface area contributed by atoms with Crippen LogP contribution in [0.5, 0.6) is 0 Å². The van der Waals surface area contributed by atoms with Crippen LogP contribution in [0.15, 0.2) is 36.4 Å². The van der Waals surface area contributed by atoms with E-state index in [9.17, 15) is 0 Å². The van der Waals surface area contributed by atoms with Crippen LogP contribution < -0.4 is 0 Å². The first-order valence-corrected chi connectivity index (χ1v) is 8.96. The quantitative estimate of drug-likeness (QED) is 0.239. The SMILES string of the molecule is Cc1ccc2c3ccc[c-]c3c3nc(C)c(C4CCCC4)n3c2c1.[Ir]. The Morgan fingerprint density at radius 2 is 1.88 bits per heavy atom. The molecule has 1 fully saturated rings. The Morgan fingerprint density at radius 3 is 2.68 bits per heavy atom. The Hall–Kier alpha value is -1.70. The topological polar surface area (TPSA) is 17.3 Å². The van der Waals surface area contributed by atoms with Crippen LogP contribution in [0.3, 0.4) is 0 Å². The van der Waals surface area contributed by atoms with E-state index in [1.807, 2.05) is 6.07 Å². The van der Waals surface area contributed by atoms with Gasteiger partial charge in [0, 0.05) is 42.9 Å². The van der Waals surface area contributed by atoms with Gasteiger partial charge in [0.1, 0.15) is 0 Å². The number of nitrogens with zero attached hydrogens (tertiary/aromatic N) is 2. The Balaban J connectivity index is 0.00000157. The molecule has 0 unspecified atom stereocenters.